The number of aromatic amines is 1. The third-order valence-corrected chi connectivity index (χ3v) is 11.3. The van der Waals surface area contributed by atoms with Crippen LogP contribution in [0, 0.1) is 0 Å². The molecule has 8 N–H and O–H groups in total. The summed E-state index contributed by atoms with van der Waals surface area (Å²) >= 11 is 1.90. The molecule has 49 heavy (non-hydrogen) atoms. The van der Waals surface area contributed by atoms with E-state index < -0.39 is 0 Å². The van der Waals surface area contributed by atoms with Crippen molar-refractivity contribution < 1.29 is 0 Å². The molecule has 5 rings (SSSR count). The van der Waals surface area contributed by atoms with Gasteiger partial charge in [0.1, 0.15) is 0 Å². The molecule has 7 nitrogen and oxygen atoms in total. The number of rotatable bonds is 9. The lowest BCUT2D eigenvalue weighted by Crippen LogP contribution is -2.50. The summed E-state index contributed by atoms with van der Waals surface area (Å²) in [5, 5.41) is 13.2. The first-order chi connectivity index (χ1) is 23.7. The van der Waals surface area contributed by atoms with Gasteiger partial charge in [-0.1, -0.05) is 87.5 Å². The van der Waals surface area contributed by atoms with E-state index in [9.17, 15) is 0 Å². The summed E-state index contributed by atoms with van der Waals surface area (Å²) in [6, 6.07) is 25.7. The molecule has 3 atom stereocenters. The van der Waals surface area contributed by atoms with E-state index in [-0.39, 0.29) is 5.41 Å². The molecular weight excluding hydrogens is 623 g/mol. The van der Waals surface area contributed by atoms with Crippen molar-refractivity contribution in [2.45, 2.75) is 106 Å². The van der Waals surface area contributed by atoms with Gasteiger partial charge in [0.25, 0.3) is 0 Å². The van der Waals surface area contributed by atoms with E-state index in [1.54, 1.807) is 0 Å². The highest BCUT2D eigenvalue weighted by Crippen LogP contribution is 2.35. The van der Waals surface area contributed by atoms with Crippen LogP contribution >= 0.6 is 11.8 Å². The predicted molar refractivity (Wildman–Crippen MR) is 209 cm³/mol. The molecule has 266 valence electrons. The lowest BCUT2D eigenvalue weighted by molar-refractivity contribution is 0.201. The smallest absolute Gasteiger partial charge is 0.0456 e. The van der Waals surface area contributed by atoms with E-state index in [2.05, 4.69) is 127 Å². The Morgan fingerprint density at radius 1 is 0.796 bits per heavy atom. The second-order valence-corrected chi connectivity index (χ2v) is 16.1. The second kappa shape index (κ2) is 18.5. The molecule has 0 saturated heterocycles. The molecule has 0 spiro atoms. The summed E-state index contributed by atoms with van der Waals surface area (Å²) in [7, 11) is 2.31. The number of nitrogens with zero attached hydrogens (tertiary/aromatic N) is 1. The summed E-state index contributed by atoms with van der Waals surface area (Å²) in [6.07, 6.45) is 8.55. The SMILES string of the molecule is CN1C[C@H](CCCCN)NC[C@H](CCCN)NCc2ccccc2Sc2ccc(C(C)(C)C)cc2CNC[C@@H]1Cc1c[nH]c2ccccc12. The van der Waals surface area contributed by atoms with E-state index in [4.69, 9.17) is 11.5 Å². The number of unbranched alkanes of at least 4 members (excludes halogenated alkanes) is 1. The molecule has 1 aliphatic rings. The number of hydrogen-bond donors (Lipinski definition) is 6. The molecule has 0 unspecified atom stereocenters. The molecule has 0 aliphatic carbocycles. The van der Waals surface area contributed by atoms with Crippen molar-refractivity contribution in [2.75, 3.05) is 39.8 Å². The molecule has 0 amide bonds. The quantitative estimate of drug-likeness (QED) is 0.111. The maximum absolute atomic E-state index is 6.01. The fourth-order valence-electron chi connectivity index (χ4n) is 6.96. The third kappa shape index (κ3) is 10.9. The standard InChI is InChI=1S/C41H61N7S/c1-41(2,3)33-18-19-40-32(22-33)24-44-28-36(23-31-26-47-38-16-7-6-15-37(31)38)48(4)29-35(13-9-10-20-42)46-27-34(14-11-21-43)45-25-30-12-5-8-17-39(30)49-40/h5-8,12,15-19,22,26,34-36,44-47H,9-11,13-14,20-21,23-25,27-29,42-43H2,1-4H3/t34-,35-,36-/m0/s1. The Balaban J connectivity index is 1.48. The van der Waals surface area contributed by atoms with Crippen LogP contribution in [0.5, 0.6) is 0 Å². The van der Waals surface area contributed by atoms with Gasteiger partial charge in [-0.05, 0) is 98.1 Å². The normalized spacial score (nSPS) is 20.5. The molecule has 1 aromatic heterocycles. The zero-order valence-electron chi connectivity index (χ0n) is 30.4. The van der Waals surface area contributed by atoms with Gasteiger partial charge in [0.2, 0.25) is 0 Å². The minimum atomic E-state index is 0.0809. The molecular formula is C41H61N7S. The first-order valence-electron chi connectivity index (χ1n) is 18.5. The number of H-pyrrole nitrogens is 1. The third-order valence-electron chi connectivity index (χ3n) is 10.1. The first kappa shape index (κ1) is 37.6. The Morgan fingerprint density at radius 2 is 1.55 bits per heavy atom. The van der Waals surface area contributed by atoms with Crippen LogP contribution in [0.15, 0.2) is 82.7 Å². The van der Waals surface area contributed by atoms with Gasteiger partial charge in [0.15, 0.2) is 0 Å². The van der Waals surface area contributed by atoms with Gasteiger partial charge in [0, 0.05) is 77.7 Å². The van der Waals surface area contributed by atoms with Crippen LogP contribution in [0.1, 0.15) is 75.1 Å². The molecule has 0 saturated carbocycles. The molecule has 3 aromatic carbocycles. The number of hydrogen-bond acceptors (Lipinski definition) is 7. The monoisotopic (exact) mass is 683 g/mol. The van der Waals surface area contributed by atoms with E-state index in [1.807, 2.05) is 11.8 Å². The van der Waals surface area contributed by atoms with E-state index in [0.29, 0.717) is 24.7 Å². The summed E-state index contributed by atoms with van der Waals surface area (Å²) in [6.45, 7) is 12.8. The maximum Gasteiger partial charge on any atom is 0.0456 e. The van der Waals surface area contributed by atoms with Crippen molar-refractivity contribution in [3.63, 3.8) is 0 Å². The van der Waals surface area contributed by atoms with Crippen molar-refractivity contribution in [3.8, 4) is 0 Å². The Morgan fingerprint density at radius 3 is 2.37 bits per heavy atom. The number of likely N-dealkylation sites (N-methyl/N-ethyl adjacent to an activating group) is 1. The molecule has 0 fully saturated rings. The van der Waals surface area contributed by atoms with E-state index >= 15 is 0 Å². The summed E-state index contributed by atoms with van der Waals surface area (Å²) in [5.74, 6) is 0. The molecule has 0 bridgehead atoms. The minimum Gasteiger partial charge on any atom is -0.361 e. The summed E-state index contributed by atoms with van der Waals surface area (Å²) in [5.41, 5.74) is 18.7. The first-order valence-corrected chi connectivity index (χ1v) is 19.3. The zero-order chi connectivity index (χ0) is 34.6. The number of fused-ring (bicyclic) bond motifs is 3. The number of nitrogens with one attached hydrogen (secondary N) is 4. The highest BCUT2D eigenvalue weighted by Gasteiger charge is 2.23. The Hall–Kier alpha value is -2.69. The highest BCUT2D eigenvalue weighted by molar-refractivity contribution is 7.99. The molecule has 2 heterocycles. The average Bonchev–Trinajstić information content (AvgIpc) is 3.50. The van der Waals surface area contributed by atoms with Crippen LogP contribution in [0.3, 0.4) is 0 Å². The number of benzene rings is 3. The highest BCUT2D eigenvalue weighted by atomic mass is 32.2. The van der Waals surface area contributed by atoms with Crippen molar-refractivity contribution in [1.29, 1.82) is 0 Å². The summed E-state index contributed by atoms with van der Waals surface area (Å²) < 4.78 is 0. The molecule has 1 aliphatic heterocycles. The Bertz CT molecular complexity index is 1580. The van der Waals surface area contributed by atoms with Crippen LogP contribution in [-0.2, 0) is 24.9 Å². The molecule has 8 heteroatoms. The summed E-state index contributed by atoms with van der Waals surface area (Å²) in [4.78, 5) is 8.74. The van der Waals surface area contributed by atoms with Crippen LogP contribution in [0.2, 0.25) is 0 Å². The van der Waals surface area contributed by atoms with Crippen molar-refractivity contribution in [3.05, 3.63) is 95.2 Å². The second-order valence-electron chi connectivity index (χ2n) is 15.0. The van der Waals surface area contributed by atoms with Crippen LogP contribution < -0.4 is 27.4 Å². The van der Waals surface area contributed by atoms with Gasteiger partial charge in [-0.25, -0.2) is 0 Å². The van der Waals surface area contributed by atoms with Gasteiger partial charge in [0.05, 0.1) is 0 Å². The van der Waals surface area contributed by atoms with Crippen molar-refractivity contribution >= 4 is 22.7 Å². The van der Waals surface area contributed by atoms with Gasteiger partial charge in [-0.15, -0.1) is 0 Å². The fourth-order valence-corrected chi connectivity index (χ4v) is 8.01. The Labute approximate surface area is 299 Å². The fraction of sp³-hybridized carbons (Fsp3) is 0.512. The van der Waals surface area contributed by atoms with Gasteiger partial charge in [-0.2, -0.15) is 0 Å². The zero-order valence-corrected chi connectivity index (χ0v) is 31.2. The lowest BCUT2D eigenvalue weighted by Gasteiger charge is -2.33. The molecule has 4 aromatic rings. The average molecular weight is 684 g/mol. The van der Waals surface area contributed by atoms with E-state index in [1.165, 1.54) is 42.9 Å². The number of nitrogens with two attached hydrogens (primary N) is 2. The van der Waals surface area contributed by atoms with Gasteiger partial charge >= 0.3 is 0 Å². The Kier molecular flexibility index (Phi) is 14.2. The van der Waals surface area contributed by atoms with Crippen LogP contribution in [0.4, 0.5) is 0 Å². The minimum absolute atomic E-state index is 0.0809. The number of para-hydroxylation sites is 1. The lowest BCUT2D eigenvalue weighted by atomic mass is 9.86. The van der Waals surface area contributed by atoms with Gasteiger partial charge in [-0.3, -0.25) is 0 Å². The van der Waals surface area contributed by atoms with Crippen LogP contribution in [0.25, 0.3) is 10.9 Å². The largest absolute Gasteiger partial charge is 0.361 e. The van der Waals surface area contributed by atoms with Crippen molar-refractivity contribution in [2.24, 2.45) is 11.5 Å². The van der Waals surface area contributed by atoms with Gasteiger partial charge < -0.3 is 37.3 Å². The predicted octanol–water partition coefficient (Wildman–Crippen LogP) is 6.55. The number of aromatic nitrogens is 1. The van der Waals surface area contributed by atoms with E-state index in [0.717, 1.165) is 77.8 Å². The maximum atomic E-state index is 6.01. The molecule has 0 radical (unpaired) electrons. The topological polar surface area (TPSA) is 107 Å². The van der Waals surface area contributed by atoms with Crippen molar-refractivity contribution in [1.82, 2.24) is 25.8 Å². The van der Waals surface area contributed by atoms with Crippen LogP contribution in [-0.4, -0.2) is 67.8 Å².